The van der Waals surface area contributed by atoms with Gasteiger partial charge in [-0.15, -0.1) is 0 Å². The van der Waals surface area contributed by atoms with Crippen molar-refractivity contribution in [3.05, 3.63) is 53.6 Å². The van der Waals surface area contributed by atoms with Gasteiger partial charge in [0.05, 0.1) is 0 Å². The largest absolute Gasteiger partial charge is 0.326 e. The van der Waals surface area contributed by atoms with Crippen LogP contribution >= 0.6 is 0 Å². The Bertz CT molecular complexity index is 691. The Balaban J connectivity index is 1.98. The minimum Gasteiger partial charge on any atom is -0.326 e. The first kappa shape index (κ1) is 14.8. The molecule has 0 unspecified atom stereocenters. The van der Waals surface area contributed by atoms with E-state index in [4.69, 9.17) is 5.73 Å². The lowest BCUT2D eigenvalue weighted by molar-refractivity contribution is -0.117. The number of amides is 1. The van der Waals surface area contributed by atoms with Gasteiger partial charge in [-0.25, -0.2) is 0 Å². The molecule has 114 valence electrons. The number of anilines is 1. The lowest BCUT2D eigenvalue weighted by Crippen LogP contribution is -2.40. The highest BCUT2D eigenvalue weighted by Crippen LogP contribution is 2.34. The third-order valence-corrected chi connectivity index (χ3v) is 4.47. The van der Waals surface area contributed by atoms with Crippen LogP contribution in [0.3, 0.4) is 0 Å². The van der Waals surface area contributed by atoms with Gasteiger partial charge >= 0.3 is 0 Å². The SMILES string of the molecule is CC(=O)N1c2ccc(-c3ccc(CN)cc3)cc2CC[C@H]1C. The molecule has 0 saturated carbocycles. The molecule has 1 heterocycles. The first-order valence-electron chi connectivity index (χ1n) is 7.82. The first-order valence-corrected chi connectivity index (χ1v) is 7.82. The molecule has 0 aliphatic carbocycles. The van der Waals surface area contributed by atoms with Crippen LogP contribution in [-0.2, 0) is 17.8 Å². The molecule has 1 aliphatic rings. The second-order valence-corrected chi connectivity index (χ2v) is 6.02. The predicted octanol–water partition coefficient (Wildman–Crippen LogP) is 3.50. The summed E-state index contributed by atoms with van der Waals surface area (Å²) in [5, 5.41) is 0. The van der Waals surface area contributed by atoms with Crippen LogP contribution < -0.4 is 10.6 Å². The average Bonchev–Trinajstić information content (AvgIpc) is 2.54. The molecule has 2 aromatic rings. The van der Waals surface area contributed by atoms with Gasteiger partial charge in [-0.1, -0.05) is 30.3 Å². The lowest BCUT2D eigenvalue weighted by atomic mass is 9.93. The van der Waals surface area contributed by atoms with E-state index in [0.29, 0.717) is 6.54 Å². The summed E-state index contributed by atoms with van der Waals surface area (Å²) < 4.78 is 0. The molecule has 1 aliphatic heterocycles. The van der Waals surface area contributed by atoms with Crippen LogP contribution in [-0.4, -0.2) is 11.9 Å². The smallest absolute Gasteiger partial charge is 0.224 e. The molecule has 0 radical (unpaired) electrons. The van der Waals surface area contributed by atoms with E-state index in [1.165, 1.54) is 16.7 Å². The fourth-order valence-corrected chi connectivity index (χ4v) is 3.24. The second kappa shape index (κ2) is 5.93. The monoisotopic (exact) mass is 294 g/mol. The number of rotatable bonds is 2. The Labute approximate surface area is 131 Å². The number of hydrogen-bond acceptors (Lipinski definition) is 2. The van der Waals surface area contributed by atoms with E-state index in [2.05, 4.69) is 49.4 Å². The quantitative estimate of drug-likeness (QED) is 0.921. The van der Waals surface area contributed by atoms with Crippen molar-refractivity contribution >= 4 is 11.6 Å². The van der Waals surface area contributed by atoms with E-state index < -0.39 is 0 Å². The average molecular weight is 294 g/mol. The molecule has 3 rings (SSSR count). The number of nitrogens with zero attached hydrogens (tertiary/aromatic N) is 1. The second-order valence-electron chi connectivity index (χ2n) is 6.02. The molecule has 0 fully saturated rings. The van der Waals surface area contributed by atoms with Crippen LogP contribution in [0.2, 0.25) is 0 Å². The number of fused-ring (bicyclic) bond motifs is 1. The standard InChI is InChI=1S/C19H22N2O/c1-13-3-6-18-11-17(9-10-19(18)21(13)14(2)22)16-7-4-15(12-20)5-8-16/h4-5,7-11,13H,3,6,12,20H2,1-2H3/t13-/m1/s1. The van der Waals surface area contributed by atoms with Gasteiger partial charge in [-0.05, 0) is 54.2 Å². The molecule has 0 spiro atoms. The van der Waals surface area contributed by atoms with E-state index in [1.54, 1.807) is 6.92 Å². The van der Waals surface area contributed by atoms with E-state index in [1.807, 2.05) is 4.90 Å². The van der Waals surface area contributed by atoms with Gasteiger partial charge in [0.25, 0.3) is 0 Å². The van der Waals surface area contributed by atoms with Crippen molar-refractivity contribution < 1.29 is 4.79 Å². The zero-order valence-corrected chi connectivity index (χ0v) is 13.2. The van der Waals surface area contributed by atoms with Gasteiger partial charge in [0.15, 0.2) is 0 Å². The third-order valence-electron chi connectivity index (χ3n) is 4.47. The molecule has 0 bridgehead atoms. The Hall–Kier alpha value is -2.13. The number of aryl methyl sites for hydroxylation is 1. The highest BCUT2D eigenvalue weighted by molar-refractivity contribution is 5.94. The van der Waals surface area contributed by atoms with E-state index >= 15 is 0 Å². The zero-order valence-electron chi connectivity index (χ0n) is 13.2. The van der Waals surface area contributed by atoms with Crippen LogP contribution in [0.25, 0.3) is 11.1 Å². The summed E-state index contributed by atoms with van der Waals surface area (Å²) in [6.45, 7) is 4.32. The van der Waals surface area contributed by atoms with Gasteiger partial charge < -0.3 is 10.6 Å². The van der Waals surface area contributed by atoms with Crippen LogP contribution in [0.1, 0.15) is 31.4 Å². The molecule has 0 saturated heterocycles. The third kappa shape index (κ3) is 2.64. The van der Waals surface area contributed by atoms with Crippen molar-refractivity contribution in [1.29, 1.82) is 0 Å². The molecule has 1 amide bonds. The highest BCUT2D eigenvalue weighted by atomic mass is 16.2. The first-order chi connectivity index (χ1) is 10.6. The Morgan fingerprint density at radius 2 is 1.86 bits per heavy atom. The fraction of sp³-hybridized carbons (Fsp3) is 0.316. The van der Waals surface area contributed by atoms with Crippen molar-refractivity contribution in [3.8, 4) is 11.1 Å². The summed E-state index contributed by atoms with van der Waals surface area (Å²) in [4.78, 5) is 13.8. The van der Waals surface area contributed by atoms with Gasteiger partial charge in [-0.2, -0.15) is 0 Å². The molecule has 1 atom stereocenters. The highest BCUT2D eigenvalue weighted by Gasteiger charge is 2.26. The van der Waals surface area contributed by atoms with Crippen molar-refractivity contribution in [1.82, 2.24) is 0 Å². The summed E-state index contributed by atoms with van der Waals surface area (Å²) in [5.41, 5.74) is 11.5. The predicted molar refractivity (Wildman–Crippen MR) is 90.7 cm³/mol. The number of benzene rings is 2. The summed E-state index contributed by atoms with van der Waals surface area (Å²) in [6.07, 6.45) is 2.04. The molecule has 3 heteroatoms. The van der Waals surface area contributed by atoms with Crippen LogP contribution in [0.15, 0.2) is 42.5 Å². The minimum absolute atomic E-state index is 0.119. The van der Waals surface area contributed by atoms with Gasteiger partial charge in [0.1, 0.15) is 0 Å². The normalized spacial score (nSPS) is 17.2. The van der Waals surface area contributed by atoms with Crippen LogP contribution in [0, 0.1) is 0 Å². The minimum atomic E-state index is 0.119. The van der Waals surface area contributed by atoms with Crippen LogP contribution in [0.4, 0.5) is 5.69 Å². The van der Waals surface area contributed by atoms with Crippen molar-refractivity contribution in [2.24, 2.45) is 5.73 Å². The van der Waals surface area contributed by atoms with Crippen molar-refractivity contribution in [2.45, 2.75) is 39.3 Å². The van der Waals surface area contributed by atoms with Crippen molar-refractivity contribution in [2.75, 3.05) is 4.90 Å². The Kier molecular flexibility index (Phi) is 3.99. The maximum Gasteiger partial charge on any atom is 0.224 e. The van der Waals surface area contributed by atoms with E-state index in [9.17, 15) is 4.79 Å². The molecule has 2 N–H and O–H groups in total. The molecular weight excluding hydrogens is 272 g/mol. The maximum absolute atomic E-state index is 11.9. The molecular formula is C19H22N2O. The fourth-order valence-electron chi connectivity index (χ4n) is 3.24. The molecule has 22 heavy (non-hydrogen) atoms. The molecule has 3 nitrogen and oxygen atoms in total. The van der Waals surface area contributed by atoms with Gasteiger partial charge in [-0.3, -0.25) is 4.79 Å². The number of hydrogen-bond donors (Lipinski definition) is 1. The number of carbonyl (C=O) groups is 1. The summed E-state index contributed by atoms with van der Waals surface area (Å²) in [5.74, 6) is 0.119. The number of nitrogens with two attached hydrogens (primary N) is 1. The summed E-state index contributed by atoms with van der Waals surface area (Å²) >= 11 is 0. The zero-order chi connectivity index (χ0) is 15.7. The van der Waals surface area contributed by atoms with E-state index in [0.717, 1.165) is 24.1 Å². The Morgan fingerprint density at radius 1 is 1.18 bits per heavy atom. The van der Waals surface area contributed by atoms with Gasteiger partial charge in [0.2, 0.25) is 5.91 Å². The van der Waals surface area contributed by atoms with E-state index in [-0.39, 0.29) is 11.9 Å². The molecule has 2 aromatic carbocycles. The van der Waals surface area contributed by atoms with Crippen LogP contribution in [0.5, 0.6) is 0 Å². The van der Waals surface area contributed by atoms with Crippen molar-refractivity contribution in [3.63, 3.8) is 0 Å². The topological polar surface area (TPSA) is 46.3 Å². The maximum atomic E-state index is 11.9. The summed E-state index contributed by atoms with van der Waals surface area (Å²) in [7, 11) is 0. The lowest BCUT2D eigenvalue weighted by Gasteiger charge is -2.34. The molecule has 0 aromatic heterocycles. The summed E-state index contributed by atoms with van der Waals surface area (Å²) in [6, 6.07) is 15.0. The number of carbonyl (C=O) groups excluding carboxylic acids is 1. The Morgan fingerprint density at radius 3 is 2.50 bits per heavy atom. The van der Waals surface area contributed by atoms with Gasteiger partial charge in [0, 0.05) is 25.2 Å².